The van der Waals surface area contributed by atoms with E-state index in [1.54, 1.807) is 12.1 Å². The van der Waals surface area contributed by atoms with Crippen LogP contribution in [-0.4, -0.2) is 53.8 Å². The molecule has 1 aliphatic heterocycles. The third-order valence-electron chi connectivity index (χ3n) is 6.24. The van der Waals surface area contributed by atoms with Crippen molar-refractivity contribution in [3.8, 4) is 0 Å². The molecule has 5 nitrogen and oxygen atoms in total. The highest BCUT2D eigenvalue weighted by Crippen LogP contribution is 2.32. The van der Waals surface area contributed by atoms with E-state index in [1.165, 1.54) is 12.8 Å². The van der Waals surface area contributed by atoms with Crippen LogP contribution in [0.5, 0.6) is 0 Å². The Bertz CT molecular complexity index is 858. The van der Waals surface area contributed by atoms with Crippen LogP contribution in [0.3, 0.4) is 0 Å². The summed E-state index contributed by atoms with van der Waals surface area (Å²) >= 11 is 5.97. The number of rotatable bonds is 5. The maximum atomic E-state index is 13.3. The van der Waals surface area contributed by atoms with Gasteiger partial charge >= 0.3 is 0 Å². The zero-order chi connectivity index (χ0) is 20.9. The Labute approximate surface area is 183 Å². The minimum absolute atomic E-state index is 0.0482. The van der Waals surface area contributed by atoms with Crippen molar-refractivity contribution in [1.82, 2.24) is 9.80 Å². The number of piperazine rings is 1. The highest BCUT2D eigenvalue weighted by molar-refractivity contribution is 6.30. The number of halogens is 1. The van der Waals surface area contributed by atoms with Crippen LogP contribution < -0.4 is 5.32 Å². The summed E-state index contributed by atoms with van der Waals surface area (Å²) in [5, 5.41) is 3.74. The molecule has 0 bridgehead atoms. The van der Waals surface area contributed by atoms with E-state index in [4.69, 9.17) is 11.6 Å². The molecule has 2 aromatic carbocycles. The van der Waals surface area contributed by atoms with Crippen LogP contribution in [0.15, 0.2) is 54.6 Å². The first kappa shape index (κ1) is 20.9. The van der Waals surface area contributed by atoms with Crippen molar-refractivity contribution in [1.29, 1.82) is 0 Å². The molecule has 2 aromatic rings. The van der Waals surface area contributed by atoms with Gasteiger partial charge in [-0.05, 0) is 55.2 Å². The van der Waals surface area contributed by atoms with Crippen molar-refractivity contribution in [2.45, 2.75) is 31.7 Å². The van der Waals surface area contributed by atoms with Crippen molar-refractivity contribution in [2.75, 3.05) is 31.5 Å². The molecule has 0 spiro atoms. The van der Waals surface area contributed by atoms with Gasteiger partial charge in [-0.25, -0.2) is 0 Å². The lowest BCUT2D eigenvalue weighted by atomic mass is 9.94. The van der Waals surface area contributed by atoms with Gasteiger partial charge < -0.3 is 10.2 Å². The van der Waals surface area contributed by atoms with E-state index in [-0.39, 0.29) is 17.9 Å². The van der Waals surface area contributed by atoms with Gasteiger partial charge in [-0.2, -0.15) is 0 Å². The molecule has 158 valence electrons. The highest BCUT2D eigenvalue weighted by Gasteiger charge is 2.37. The fourth-order valence-electron chi connectivity index (χ4n) is 4.67. The van der Waals surface area contributed by atoms with Crippen LogP contribution >= 0.6 is 11.6 Å². The summed E-state index contributed by atoms with van der Waals surface area (Å²) in [6, 6.07) is 16.5. The summed E-state index contributed by atoms with van der Waals surface area (Å²) < 4.78 is 0. The van der Waals surface area contributed by atoms with E-state index in [1.807, 2.05) is 47.4 Å². The number of nitrogens with zero attached hydrogens (tertiary/aromatic N) is 2. The lowest BCUT2D eigenvalue weighted by molar-refractivity contribution is -0.123. The quantitative estimate of drug-likeness (QED) is 0.777. The lowest BCUT2D eigenvalue weighted by Crippen LogP contribution is -2.56. The Balaban J connectivity index is 1.42. The first-order chi connectivity index (χ1) is 14.6. The zero-order valence-electron chi connectivity index (χ0n) is 17.1. The molecule has 6 heteroatoms. The van der Waals surface area contributed by atoms with E-state index in [9.17, 15) is 9.59 Å². The normalized spacial score (nSPS) is 18.9. The third-order valence-corrected chi connectivity index (χ3v) is 6.49. The number of hydrogen-bond donors (Lipinski definition) is 1. The van der Waals surface area contributed by atoms with Gasteiger partial charge in [0.1, 0.15) is 0 Å². The molecule has 1 unspecified atom stereocenters. The van der Waals surface area contributed by atoms with Gasteiger partial charge in [0, 0.05) is 42.5 Å². The molecule has 1 saturated carbocycles. The van der Waals surface area contributed by atoms with Gasteiger partial charge in [0.15, 0.2) is 0 Å². The number of anilines is 1. The van der Waals surface area contributed by atoms with E-state index >= 15 is 0 Å². The van der Waals surface area contributed by atoms with Crippen LogP contribution in [-0.2, 0) is 4.79 Å². The topological polar surface area (TPSA) is 52.7 Å². The van der Waals surface area contributed by atoms with Crippen LogP contribution in [0, 0.1) is 5.92 Å². The van der Waals surface area contributed by atoms with Crippen LogP contribution in [0.25, 0.3) is 0 Å². The van der Waals surface area contributed by atoms with Crippen molar-refractivity contribution in [2.24, 2.45) is 5.92 Å². The number of carbonyl (C=O) groups is 2. The van der Waals surface area contributed by atoms with Crippen LogP contribution in [0.2, 0.25) is 5.02 Å². The Hall–Kier alpha value is -2.37. The fraction of sp³-hybridized carbons (Fsp3) is 0.417. The Morgan fingerprint density at radius 2 is 1.53 bits per heavy atom. The third kappa shape index (κ3) is 4.85. The molecule has 1 heterocycles. The average Bonchev–Trinajstić information content (AvgIpc) is 3.30. The SMILES string of the molecule is O=C(Nc1ccc(Cl)cc1)C(C1CCCC1)N1CCN(C(=O)c2ccccc2)CC1. The van der Waals surface area contributed by atoms with E-state index in [0.29, 0.717) is 37.1 Å². The molecule has 2 amide bonds. The largest absolute Gasteiger partial charge is 0.336 e. The summed E-state index contributed by atoms with van der Waals surface area (Å²) in [4.78, 5) is 30.2. The highest BCUT2D eigenvalue weighted by atomic mass is 35.5. The Kier molecular flexibility index (Phi) is 6.70. The van der Waals surface area contributed by atoms with Gasteiger partial charge in [-0.3, -0.25) is 14.5 Å². The molecular formula is C24H28ClN3O2. The van der Waals surface area contributed by atoms with Crippen molar-refractivity contribution in [3.05, 3.63) is 65.2 Å². The monoisotopic (exact) mass is 425 g/mol. The Morgan fingerprint density at radius 3 is 2.17 bits per heavy atom. The van der Waals surface area contributed by atoms with Gasteiger partial charge in [0.05, 0.1) is 6.04 Å². The van der Waals surface area contributed by atoms with E-state index in [2.05, 4.69) is 10.2 Å². The Morgan fingerprint density at radius 1 is 0.900 bits per heavy atom. The molecule has 1 saturated heterocycles. The molecule has 30 heavy (non-hydrogen) atoms. The molecule has 0 radical (unpaired) electrons. The minimum atomic E-state index is -0.155. The van der Waals surface area contributed by atoms with Gasteiger partial charge in [0.2, 0.25) is 5.91 Å². The van der Waals surface area contributed by atoms with Crippen LogP contribution in [0.4, 0.5) is 5.69 Å². The number of hydrogen-bond acceptors (Lipinski definition) is 3. The number of carbonyl (C=O) groups excluding carboxylic acids is 2. The molecule has 1 N–H and O–H groups in total. The molecule has 2 fully saturated rings. The van der Waals surface area contributed by atoms with E-state index in [0.717, 1.165) is 24.1 Å². The molecule has 1 atom stereocenters. The molecule has 0 aromatic heterocycles. The smallest absolute Gasteiger partial charge is 0.253 e. The lowest BCUT2D eigenvalue weighted by Gasteiger charge is -2.40. The van der Waals surface area contributed by atoms with Gasteiger partial charge in [0.25, 0.3) is 5.91 Å². The molecule has 1 aliphatic carbocycles. The predicted molar refractivity (Wildman–Crippen MR) is 120 cm³/mol. The molecule has 2 aliphatic rings. The molecular weight excluding hydrogens is 398 g/mol. The second kappa shape index (κ2) is 9.63. The first-order valence-corrected chi connectivity index (χ1v) is 11.1. The standard InChI is InChI=1S/C24H28ClN3O2/c25-20-10-12-21(13-11-20)26-23(29)22(18-6-4-5-7-18)27-14-16-28(17-15-27)24(30)19-8-2-1-3-9-19/h1-3,8-13,18,22H,4-7,14-17H2,(H,26,29). The van der Waals surface area contributed by atoms with Gasteiger partial charge in [-0.1, -0.05) is 42.6 Å². The second-order valence-corrected chi connectivity index (χ2v) is 8.62. The van der Waals surface area contributed by atoms with Gasteiger partial charge in [-0.15, -0.1) is 0 Å². The number of amides is 2. The molecule has 4 rings (SSSR count). The van der Waals surface area contributed by atoms with E-state index < -0.39 is 0 Å². The average molecular weight is 426 g/mol. The number of nitrogens with one attached hydrogen (secondary N) is 1. The fourth-order valence-corrected chi connectivity index (χ4v) is 4.79. The zero-order valence-corrected chi connectivity index (χ0v) is 17.9. The summed E-state index contributed by atoms with van der Waals surface area (Å²) in [7, 11) is 0. The first-order valence-electron chi connectivity index (χ1n) is 10.8. The minimum Gasteiger partial charge on any atom is -0.336 e. The maximum absolute atomic E-state index is 13.3. The number of benzene rings is 2. The van der Waals surface area contributed by atoms with Crippen LogP contribution in [0.1, 0.15) is 36.0 Å². The van der Waals surface area contributed by atoms with Crippen molar-refractivity contribution in [3.63, 3.8) is 0 Å². The summed E-state index contributed by atoms with van der Waals surface area (Å²) in [5.41, 5.74) is 1.49. The summed E-state index contributed by atoms with van der Waals surface area (Å²) in [6.45, 7) is 2.72. The van der Waals surface area contributed by atoms with Crippen molar-refractivity contribution >= 4 is 29.1 Å². The maximum Gasteiger partial charge on any atom is 0.253 e. The summed E-state index contributed by atoms with van der Waals surface area (Å²) in [6.07, 6.45) is 4.54. The van der Waals surface area contributed by atoms with Crippen molar-refractivity contribution < 1.29 is 9.59 Å². The second-order valence-electron chi connectivity index (χ2n) is 8.18. The predicted octanol–water partition coefficient (Wildman–Crippen LogP) is 4.30. The summed E-state index contributed by atoms with van der Waals surface area (Å²) in [5.74, 6) is 0.485.